The highest BCUT2D eigenvalue weighted by Gasteiger charge is 2.37. The summed E-state index contributed by atoms with van der Waals surface area (Å²) in [5.74, 6) is -0.0325. The number of aliphatic hydroxyl groups is 1. The van der Waals surface area contributed by atoms with Crippen LogP contribution >= 0.6 is 11.6 Å². The van der Waals surface area contributed by atoms with E-state index in [2.05, 4.69) is 11.9 Å². The first-order valence-corrected chi connectivity index (χ1v) is 7.39. The lowest BCUT2D eigenvalue weighted by Crippen LogP contribution is -2.33. The van der Waals surface area contributed by atoms with E-state index in [1.165, 1.54) is 0 Å². The predicted molar refractivity (Wildman–Crippen MR) is 82.9 cm³/mol. The van der Waals surface area contributed by atoms with Crippen molar-refractivity contribution in [2.45, 2.75) is 38.2 Å². The van der Waals surface area contributed by atoms with Gasteiger partial charge < -0.3 is 5.11 Å². The van der Waals surface area contributed by atoms with Gasteiger partial charge >= 0.3 is 0 Å². The minimum atomic E-state index is -0.923. The SMILES string of the molecule is CC[C@@H](c1ccccn1)[C@](O)(CC)c1ccc(Cl)cc1. The van der Waals surface area contributed by atoms with Crippen LogP contribution in [0.4, 0.5) is 0 Å². The molecule has 1 heterocycles. The van der Waals surface area contributed by atoms with Gasteiger partial charge in [-0.1, -0.05) is 43.6 Å². The summed E-state index contributed by atoms with van der Waals surface area (Å²) >= 11 is 5.94. The Labute approximate surface area is 125 Å². The van der Waals surface area contributed by atoms with Crippen molar-refractivity contribution in [3.05, 3.63) is 64.9 Å². The highest BCUT2D eigenvalue weighted by Crippen LogP contribution is 2.41. The average Bonchev–Trinajstić information content (AvgIpc) is 2.49. The Bertz CT molecular complexity index is 541. The maximum absolute atomic E-state index is 11.2. The summed E-state index contributed by atoms with van der Waals surface area (Å²) in [6.45, 7) is 4.08. The average molecular weight is 290 g/mol. The highest BCUT2D eigenvalue weighted by molar-refractivity contribution is 6.30. The monoisotopic (exact) mass is 289 g/mol. The molecule has 0 saturated carbocycles. The molecule has 2 aromatic rings. The van der Waals surface area contributed by atoms with E-state index in [9.17, 15) is 5.11 Å². The van der Waals surface area contributed by atoms with Crippen molar-refractivity contribution in [2.75, 3.05) is 0 Å². The largest absolute Gasteiger partial charge is 0.384 e. The summed E-state index contributed by atoms with van der Waals surface area (Å²) in [6.07, 6.45) is 3.23. The number of aromatic nitrogens is 1. The molecule has 0 unspecified atom stereocenters. The summed E-state index contributed by atoms with van der Waals surface area (Å²) < 4.78 is 0. The third-order valence-electron chi connectivity index (χ3n) is 3.91. The highest BCUT2D eigenvalue weighted by atomic mass is 35.5. The van der Waals surface area contributed by atoms with Crippen LogP contribution in [0, 0.1) is 0 Å². The second-order valence-corrected chi connectivity index (χ2v) is 5.44. The van der Waals surface area contributed by atoms with Crippen molar-refractivity contribution in [2.24, 2.45) is 0 Å². The van der Waals surface area contributed by atoms with Crippen LogP contribution in [0.25, 0.3) is 0 Å². The minimum absolute atomic E-state index is 0.0325. The van der Waals surface area contributed by atoms with Crippen molar-refractivity contribution in [3.63, 3.8) is 0 Å². The first-order valence-electron chi connectivity index (χ1n) is 7.01. The molecule has 0 aliphatic rings. The molecule has 2 rings (SSSR count). The van der Waals surface area contributed by atoms with Gasteiger partial charge in [0.1, 0.15) is 0 Å². The Morgan fingerprint density at radius 2 is 1.85 bits per heavy atom. The van der Waals surface area contributed by atoms with Gasteiger partial charge in [-0.3, -0.25) is 4.98 Å². The van der Waals surface area contributed by atoms with E-state index in [1.54, 1.807) is 6.20 Å². The van der Waals surface area contributed by atoms with Crippen LogP contribution in [0.1, 0.15) is 43.9 Å². The Kier molecular flexibility index (Phi) is 4.79. The number of pyridine rings is 1. The molecule has 0 fully saturated rings. The van der Waals surface area contributed by atoms with Gasteiger partial charge in [0.2, 0.25) is 0 Å². The van der Waals surface area contributed by atoms with E-state index in [4.69, 9.17) is 11.6 Å². The van der Waals surface area contributed by atoms with E-state index >= 15 is 0 Å². The summed E-state index contributed by atoms with van der Waals surface area (Å²) in [5, 5.41) is 11.9. The molecule has 1 aromatic carbocycles. The van der Waals surface area contributed by atoms with Crippen molar-refractivity contribution in [3.8, 4) is 0 Å². The lowest BCUT2D eigenvalue weighted by Gasteiger charge is -2.35. The molecular formula is C17H20ClNO. The summed E-state index contributed by atoms with van der Waals surface area (Å²) in [6, 6.07) is 13.3. The summed E-state index contributed by atoms with van der Waals surface area (Å²) in [5.41, 5.74) is 0.893. The maximum atomic E-state index is 11.2. The Hall–Kier alpha value is -1.38. The molecule has 0 bridgehead atoms. The molecule has 2 atom stereocenters. The summed E-state index contributed by atoms with van der Waals surface area (Å²) in [4.78, 5) is 4.42. The van der Waals surface area contributed by atoms with Crippen LogP contribution in [-0.2, 0) is 5.60 Å². The van der Waals surface area contributed by atoms with Gasteiger partial charge in [-0.05, 0) is 42.7 Å². The first-order chi connectivity index (χ1) is 9.61. The Morgan fingerprint density at radius 1 is 1.15 bits per heavy atom. The lowest BCUT2D eigenvalue weighted by atomic mass is 9.76. The fraction of sp³-hybridized carbons (Fsp3) is 0.353. The zero-order chi connectivity index (χ0) is 14.6. The van der Waals surface area contributed by atoms with Crippen molar-refractivity contribution in [1.29, 1.82) is 0 Å². The van der Waals surface area contributed by atoms with Crippen molar-refractivity contribution < 1.29 is 5.11 Å². The molecule has 0 saturated heterocycles. The van der Waals surface area contributed by atoms with Crippen LogP contribution in [0.15, 0.2) is 48.7 Å². The van der Waals surface area contributed by atoms with Crippen LogP contribution < -0.4 is 0 Å². The van der Waals surface area contributed by atoms with E-state index in [0.717, 1.165) is 17.7 Å². The molecular weight excluding hydrogens is 270 g/mol. The fourth-order valence-corrected chi connectivity index (χ4v) is 2.89. The number of hydrogen-bond donors (Lipinski definition) is 1. The van der Waals surface area contributed by atoms with Crippen LogP contribution in [-0.4, -0.2) is 10.1 Å². The van der Waals surface area contributed by atoms with Gasteiger partial charge in [0, 0.05) is 22.8 Å². The number of nitrogens with zero attached hydrogens (tertiary/aromatic N) is 1. The zero-order valence-electron chi connectivity index (χ0n) is 11.9. The molecule has 0 spiro atoms. The number of rotatable bonds is 5. The first kappa shape index (κ1) is 15.0. The zero-order valence-corrected chi connectivity index (χ0v) is 12.6. The van der Waals surface area contributed by atoms with Crippen LogP contribution in [0.3, 0.4) is 0 Å². The fourth-order valence-electron chi connectivity index (χ4n) is 2.76. The molecule has 0 aliphatic heterocycles. The van der Waals surface area contributed by atoms with E-state index < -0.39 is 5.60 Å². The Balaban J connectivity index is 2.45. The molecule has 1 N–H and O–H groups in total. The second kappa shape index (κ2) is 6.38. The van der Waals surface area contributed by atoms with Crippen LogP contribution in [0.2, 0.25) is 5.02 Å². The normalized spacial score (nSPS) is 15.6. The van der Waals surface area contributed by atoms with E-state index in [-0.39, 0.29) is 5.92 Å². The number of halogens is 1. The topological polar surface area (TPSA) is 33.1 Å². The molecule has 0 amide bonds. The van der Waals surface area contributed by atoms with E-state index in [1.807, 2.05) is 49.4 Å². The predicted octanol–water partition coefficient (Wildman–Crippen LogP) is 4.53. The third kappa shape index (κ3) is 2.87. The maximum Gasteiger partial charge on any atom is 0.0977 e. The molecule has 1 aromatic heterocycles. The lowest BCUT2D eigenvalue weighted by molar-refractivity contribution is 0.000195. The number of hydrogen-bond acceptors (Lipinski definition) is 2. The molecule has 2 nitrogen and oxygen atoms in total. The van der Waals surface area contributed by atoms with Gasteiger partial charge in [-0.25, -0.2) is 0 Å². The van der Waals surface area contributed by atoms with Gasteiger partial charge in [0.15, 0.2) is 0 Å². The van der Waals surface area contributed by atoms with Gasteiger partial charge in [0.25, 0.3) is 0 Å². The smallest absolute Gasteiger partial charge is 0.0977 e. The number of benzene rings is 1. The quantitative estimate of drug-likeness (QED) is 0.877. The van der Waals surface area contributed by atoms with Crippen LogP contribution in [0.5, 0.6) is 0 Å². The molecule has 20 heavy (non-hydrogen) atoms. The minimum Gasteiger partial charge on any atom is -0.384 e. The third-order valence-corrected chi connectivity index (χ3v) is 4.16. The van der Waals surface area contributed by atoms with E-state index in [0.29, 0.717) is 11.4 Å². The Morgan fingerprint density at radius 3 is 2.35 bits per heavy atom. The van der Waals surface area contributed by atoms with Gasteiger partial charge in [-0.2, -0.15) is 0 Å². The molecule has 0 radical (unpaired) electrons. The molecule has 106 valence electrons. The van der Waals surface area contributed by atoms with Crippen molar-refractivity contribution >= 4 is 11.6 Å². The van der Waals surface area contributed by atoms with Gasteiger partial charge in [-0.15, -0.1) is 0 Å². The molecule has 3 heteroatoms. The molecule has 0 aliphatic carbocycles. The van der Waals surface area contributed by atoms with Crippen molar-refractivity contribution in [1.82, 2.24) is 4.98 Å². The second-order valence-electron chi connectivity index (χ2n) is 5.00. The van der Waals surface area contributed by atoms with Gasteiger partial charge in [0.05, 0.1) is 5.60 Å². The standard InChI is InChI=1S/C17H20ClNO/c1-3-15(16-7-5-6-12-19-16)17(20,4-2)13-8-10-14(18)11-9-13/h5-12,15,20H,3-4H2,1-2H3/t15-,17-/m0/s1. The summed E-state index contributed by atoms with van der Waals surface area (Å²) in [7, 11) is 0.